The second-order valence-corrected chi connectivity index (χ2v) is 6.59. The SMILES string of the molecule is COc1ccc(-c2nc(CN=C(N)NCCc3ccccc3)cs2)cc1. The average Bonchev–Trinajstić information content (AvgIpc) is 3.16. The minimum atomic E-state index is 0.444. The maximum absolute atomic E-state index is 5.94. The standard InChI is InChI=1S/C20H22N4OS/c1-25-18-9-7-16(8-10-18)19-24-17(14-26-19)13-23-20(21)22-12-11-15-5-3-2-4-6-15/h2-10,14H,11-13H2,1H3,(H3,21,22,23). The molecule has 0 spiro atoms. The Kier molecular flexibility index (Phi) is 6.22. The Morgan fingerprint density at radius 3 is 2.65 bits per heavy atom. The fourth-order valence-corrected chi connectivity index (χ4v) is 3.26. The first-order valence-electron chi connectivity index (χ1n) is 8.41. The quantitative estimate of drug-likeness (QED) is 0.496. The van der Waals surface area contributed by atoms with E-state index in [-0.39, 0.29) is 0 Å². The number of guanidine groups is 1. The number of nitrogens with one attached hydrogen (secondary N) is 1. The third kappa shape index (κ3) is 5.07. The first-order valence-corrected chi connectivity index (χ1v) is 9.29. The average molecular weight is 366 g/mol. The van der Waals surface area contributed by atoms with Crippen molar-refractivity contribution in [3.8, 4) is 16.3 Å². The van der Waals surface area contributed by atoms with Crippen LogP contribution >= 0.6 is 11.3 Å². The zero-order valence-corrected chi connectivity index (χ0v) is 15.5. The summed E-state index contributed by atoms with van der Waals surface area (Å²) in [6.45, 7) is 1.23. The molecule has 0 aliphatic carbocycles. The van der Waals surface area contributed by atoms with Gasteiger partial charge in [-0.1, -0.05) is 30.3 Å². The first kappa shape index (κ1) is 17.9. The molecule has 0 aliphatic rings. The number of rotatable bonds is 7. The summed E-state index contributed by atoms with van der Waals surface area (Å²) in [5, 5.41) is 6.12. The highest BCUT2D eigenvalue weighted by atomic mass is 32.1. The second kappa shape index (κ2) is 9.01. The predicted octanol–water partition coefficient (Wildman–Crippen LogP) is 3.47. The summed E-state index contributed by atoms with van der Waals surface area (Å²) < 4.78 is 5.18. The van der Waals surface area contributed by atoms with Gasteiger partial charge in [0, 0.05) is 17.5 Å². The van der Waals surface area contributed by atoms with Crippen molar-refractivity contribution in [3.05, 3.63) is 71.2 Å². The van der Waals surface area contributed by atoms with E-state index in [9.17, 15) is 0 Å². The lowest BCUT2D eigenvalue weighted by atomic mass is 10.1. The Morgan fingerprint density at radius 2 is 1.92 bits per heavy atom. The molecule has 1 heterocycles. The van der Waals surface area contributed by atoms with E-state index in [0.29, 0.717) is 12.5 Å². The normalized spacial score (nSPS) is 11.3. The summed E-state index contributed by atoms with van der Waals surface area (Å²) in [7, 11) is 1.66. The smallest absolute Gasteiger partial charge is 0.188 e. The van der Waals surface area contributed by atoms with Crippen LogP contribution < -0.4 is 15.8 Å². The molecular formula is C20H22N4OS. The van der Waals surface area contributed by atoms with Gasteiger partial charge in [-0.3, -0.25) is 0 Å². The van der Waals surface area contributed by atoms with Crippen LogP contribution in [0, 0.1) is 0 Å². The Morgan fingerprint density at radius 1 is 1.15 bits per heavy atom. The van der Waals surface area contributed by atoms with Gasteiger partial charge in [-0.05, 0) is 36.2 Å². The molecule has 2 aromatic carbocycles. The minimum Gasteiger partial charge on any atom is -0.497 e. The number of ether oxygens (including phenoxy) is 1. The number of hydrogen-bond donors (Lipinski definition) is 2. The number of thiazole rings is 1. The summed E-state index contributed by atoms with van der Waals surface area (Å²) in [4.78, 5) is 8.99. The molecule has 0 atom stereocenters. The molecular weight excluding hydrogens is 344 g/mol. The minimum absolute atomic E-state index is 0.444. The van der Waals surface area contributed by atoms with Crippen LogP contribution in [-0.2, 0) is 13.0 Å². The highest BCUT2D eigenvalue weighted by Gasteiger charge is 2.05. The zero-order chi connectivity index (χ0) is 18.2. The Balaban J connectivity index is 1.50. The Bertz CT molecular complexity index is 844. The largest absolute Gasteiger partial charge is 0.497 e. The van der Waals surface area contributed by atoms with Crippen LogP contribution in [0.4, 0.5) is 0 Å². The monoisotopic (exact) mass is 366 g/mol. The van der Waals surface area contributed by atoms with Gasteiger partial charge in [0.2, 0.25) is 0 Å². The lowest BCUT2D eigenvalue weighted by Gasteiger charge is -2.05. The van der Waals surface area contributed by atoms with Crippen LogP contribution in [0.15, 0.2) is 65.0 Å². The van der Waals surface area contributed by atoms with Crippen LogP contribution in [0.3, 0.4) is 0 Å². The van der Waals surface area contributed by atoms with Crippen molar-refractivity contribution >= 4 is 17.3 Å². The third-order valence-corrected chi connectivity index (χ3v) is 4.80. The van der Waals surface area contributed by atoms with Crippen LogP contribution in [0.2, 0.25) is 0 Å². The molecule has 0 aliphatic heterocycles. The predicted molar refractivity (Wildman–Crippen MR) is 108 cm³/mol. The van der Waals surface area contributed by atoms with E-state index >= 15 is 0 Å². The summed E-state index contributed by atoms with van der Waals surface area (Å²) >= 11 is 1.60. The molecule has 134 valence electrons. The first-order chi connectivity index (χ1) is 12.7. The molecule has 0 saturated carbocycles. The van der Waals surface area contributed by atoms with E-state index in [0.717, 1.165) is 35.0 Å². The van der Waals surface area contributed by atoms with Gasteiger partial charge < -0.3 is 15.8 Å². The number of aliphatic imine (C=N–C) groups is 1. The van der Waals surface area contributed by atoms with Crippen molar-refractivity contribution in [3.63, 3.8) is 0 Å². The molecule has 0 unspecified atom stereocenters. The molecule has 26 heavy (non-hydrogen) atoms. The zero-order valence-electron chi connectivity index (χ0n) is 14.7. The number of hydrogen-bond acceptors (Lipinski definition) is 4. The third-order valence-electron chi connectivity index (χ3n) is 3.86. The fraction of sp³-hybridized carbons (Fsp3) is 0.200. The number of benzene rings is 2. The van der Waals surface area contributed by atoms with Gasteiger partial charge in [-0.15, -0.1) is 11.3 Å². The molecule has 0 fully saturated rings. The van der Waals surface area contributed by atoms with Crippen molar-refractivity contribution in [1.82, 2.24) is 10.3 Å². The summed E-state index contributed by atoms with van der Waals surface area (Å²) in [5.41, 5.74) is 9.19. The molecule has 3 aromatic rings. The van der Waals surface area contributed by atoms with E-state index < -0.39 is 0 Å². The van der Waals surface area contributed by atoms with E-state index in [4.69, 9.17) is 10.5 Å². The molecule has 0 saturated heterocycles. The Hall–Kier alpha value is -2.86. The lowest BCUT2D eigenvalue weighted by Crippen LogP contribution is -2.33. The van der Waals surface area contributed by atoms with Crippen LogP contribution in [0.1, 0.15) is 11.3 Å². The van der Waals surface area contributed by atoms with Gasteiger partial charge in [0.15, 0.2) is 5.96 Å². The van der Waals surface area contributed by atoms with Gasteiger partial charge in [-0.2, -0.15) is 0 Å². The molecule has 3 N–H and O–H groups in total. The molecule has 0 radical (unpaired) electrons. The van der Waals surface area contributed by atoms with Crippen molar-refractivity contribution in [2.75, 3.05) is 13.7 Å². The molecule has 0 amide bonds. The van der Waals surface area contributed by atoms with Gasteiger partial charge in [0.1, 0.15) is 10.8 Å². The van der Waals surface area contributed by atoms with E-state index in [2.05, 4.69) is 27.4 Å². The Labute approximate surface area is 157 Å². The number of aromatic nitrogens is 1. The number of nitrogens with zero attached hydrogens (tertiary/aromatic N) is 2. The van der Waals surface area contributed by atoms with Crippen LogP contribution in [-0.4, -0.2) is 24.6 Å². The molecule has 3 rings (SSSR count). The fourth-order valence-electron chi connectivity index (χ4n) is 2.45. The maximum Gasteiger partial charge on any atom is 0.188 e. The maximum atomic E-state index is 5.94. The number of methoxy groups -OCH3 is 1. The van der Waals surface area contributed by atoms with Crippen molar-refractivity contribution in [2.45, 2.75) is 13.0 Å². The molecule has 5 nitrogen and oxygen atoms in total. The van der Waals surface area contributed by atoms with Gasteiger partial charge in [0.05, 0.1) is 19.3 Å². The van der Waals surface area contributed by atoms with Crippen molar-refractivity contribution in [1.29, 1.82) is 0 Å². The van der Waals surface area contributed by atoms with Gasteiger partial charge in [0.25, 0.3) is 0 Å². The summed E-state index contributed by atoms with van der Waals surface area (Å²) in [5.74, 6) is 1.28. The summed E-state index contributed by atoms with van der Waals surface area (Å²) in [6.07, 6.45) is 0.912. The molecule has 6 heteroatoms. The molecule has 0 bridgehead atoms. The topological polar surface area (TPSA) is 72.5 Å². The second-order valence-electron chi connectivity index (χ2n) is 5.74. The van der Waals surface area contributed by atoms with Crippen LogP contribution in [0.5, 0.6) is 5.75 Å². The highest BCUT2D eigenvalue weighted by molar-refractivity contribution is 7.13. The highest BCUT2D eigenvalue weighted by Crippen LogP contribution is 2.25. The van der Waals surface area contributed by atoms with Crippen molar-refractivity contribution < 1.29 is 4.74 Å². The lowest BCUT2D eigenvalue weighted by molar-refractivity contribution is 0.415. The van der Waals surface area contributed by atoms with Crippen molar-refractivity contribution in [2.24, 2.45) is 10.7 Å². The number of nitrogens with two attached hydrogens (primary N) is 1. The van der Waals surface area contributed by atoms with E-state index in [1.54, 1.807) is 18.4 Å². The molecule has 1 aromatic heterocycles. The van der Waals surface area contributed by atoms with Gasteiger partial charge in [-0.25, -0.2) is 9.98 Å². The van der Waals surface area contributed by atoms with Gasteiger partial charge >= 0.3 is 0 Å². The summed E-state index contributed by atoms with van der Waals surface area (Å²) in [6, 6.07) is 18.2. The van der Waals surface area contributed by atoms with E-state index in [1.807, 2.05) is 47.8 Å². The van der Waals surface area contributed by atoms with E-state index in [1.165, 1.54) is 5.56 Å². The van der Waals surface area contributed by atoms with Crippen LogP contribution in [0.25, 0.3) is 10.6 Å².